The Kier molecular flexibility index (Phi) is 4.61. The number of hydrogen-bond acceptors (Lipinski definition) is 4. The molecule has 0 saturated heterocycles. The largest absolute Gasteiger partial charge is 0.466 e. The van der Waals surface area contributed by atoms with E-state index in [0.717, 1.165) is 6.07 Å². The molecule has 1 aromatic carbocycles. The van der Waals surface area contributed by atoms with Crippen molar-refractivity contribution in [3.05, 3.63) is 34.6 Å². The van der Waals surface area contributed by atoms with E-state index in [9.17, 15) is 9.18 Å². The number of hydrogen-bond donors (Lipinski definition) is 1. The van der Waals surface area contributed by atoms with Gasteiger partial charge in [-0.2, -0.15) is 5.26 Å². The Bertz CT molecular complexity index is 466. The standard InChI is InChI=1S/C12H12FNO3/c1-2-17-12(16)5-9-3-8(7-15)4-11(13)10(9)6-14/h3-4,15H,2,5,7H2,1H3. The lowest BCUT2D eigenvalue weighted by Gasteiger charge is -2.07. The Morgan fingerprint density at radius 2 is 2.29 bits per heavy atom. The zero-order valence-electron chi connectivity index (χ0n) is 9.36. The summed E-state index contributed by atoms with van der Waals surface area (Å²) in [5.74, 6) is -1.27. The SMILES string of the molecule is CCOC(=O)Cc1cc(CO)cc(F)c1C#N. The average Bonchev–Trinajstić information content (AvgIpc) is 2.28. The maximum atomic E-state index is 13.4. The van der Waals surface area contributed by atoms with Crippen molar-refractivity contribution in [3.8, 4) is 6.07 Å². The lowest BCUT2D eigenvalue weighted by atomic mass is 10.0. The average molecular weight is 237 g/mol. The topological polar surface area (TPSA) is 70.3 Å². The van der Waals surface area contributed by atoms with Crippen LogP contribution in [0.15, 0.2) is 12.1 Å². The van der Waals surface area contributed by atoms with Crippen molar-refractivity contribution in [2.24, 2.45) is 0 Å². The van der Waals surface area contributed by atoms with E-state index < -0.39 is 11.8 Å². The fraction of sp³-hybridized carbons (Fsp3) is 0.333. The maximum Gasteiger partial charge on any atom is 0.310 e. The van der Waals surface area contributed by atoms with Crippen molar-refractivity contribution in [1.29, 1.82) is 5.26 Å². The van der Waals surface area contributed by atoms with E-state index in [1.54, 1.807) is 13.0 Å². The zero-order valence-corrected chi connectivity index (χ0v) is 9.36. The Morgan fingerprint density at radius 3 is 2.82 bits per heavy atom. The summed E-state index contributed by atoms with van der Waals surface area (Å²) in [6.07, 6.45) is -0.179. The van der Waals surface area contributed by atoms with Gasteiger partial charge in [0.2, 0.25) is 0 Å². The van der Waals surface area contributed by atoms with Gasteiger partial charge in [-0.3, -0.25) is 4.79 Å². The quantitative estimate of drug-likeness (QED) is 0.801. The molecule has 0 fully saturated rings. The van der Waals surface area contributed by atoms with Crippen LogP contribution in [0.2, 0.25) is 0 Å². The lowest BCUT2D eigenvalue weighted by molar-refractivity contribution is -0.142. The summed E-state index contributed by atoms with van der Waals surface area (Å²) >= 11 is 0. The van der Waals surface area contributed by atoms with Gasteiger partial charge in [-0.1, -0.05) is 6.07 Å². The molecular formula is C12H12FNO3. The van der Waals surface area contributed by atoms with E-state index in [-0.39, 0.29) is 30.8 Å². The fourth-order valence-electron chi connectivity index (χ4n) is 1.45. The first-order valence-electron chi connectivity index (χ1n) is 5.10. The molecule has 5 heteroatoms. The van der Waals surface area contributed by atoms with Gasteiger partial charge < -0.3 is 9.84 Å². The number of carbonyl (C=O) groups is 1. The monoisotopic (exact) mass is 237 g/mol. The minimum Gasteiger partial charge on any atom is -0.466 e. The highest BCUT2D eigenvalue weighted by atomic mass is 19.1. The summed E-state index contributed by atoms with van der Waals surface area (Å²) in [6, 6.07) is 4.20. The van der Waals surface area contributed by atoms with Crippen LogP contribution in [-0.2, 0) is 22.6 Å². The van der Waals surface area contributed by atoms with Crippen LogP contribution in [0.5, 0.6) is 0 Å². The molecule has 17 heavy (non-hydrogen) atoms. The van der Waals surface area contributed by atoms with Crippen LogP contribution in [0.1, 0.15) is 23.6 Å². The van der Waals surface area contributed by atoms with Crippen molar-refractivity contribution in [2.75, 3.05) is 6.61 Å². The highest BCUT2D eigenvalue weighted by Crippen LogP contribution is 2.17. The third-order valence-corrected chi connectivity index (χ3v) is 2.17. The molecule has 0 unspecified atom stereocenters. The smallest absolute Gasteiger partial charge is 0.310 e. The number of ether oxygens (including phenoxy) is 1. The summed E-state index contributed by atoms with van der Waals surface area (Å²) in [7, 11) is 0. The Morgan fingerprint density at radius 1 is 1.59 bits per heavy atom. The summed E-state index contributed by atoms with van der Waals surface area (Å²) < 4.78 is 18.2. The Labute approximate surface area is 98.2 Å². The molecule has 0 aliphatic carbocycles. The summed E-state index contributed by atoms with van der Waals surface area (Å²) in [4.78, 5) is 11.3. The molecule has 0 atom stereocenters. The lowest BCUT2D eigenvalue weighted by Crippen LogP contribution is -2.10. The van der Waals surface area contributed by atoms with Crippen LogP contribution < -0.4 is 0 Å². The summed E-state index contributed by atoms with van der Waals surface area (Å²) in [6.45, 7) is 1.54. The van der Waals surface area contributed by atoms with Crippen molar-refractivity contribution >= 4 is 5.97 Å². The number of halogens is 1. The van der Waals surface area contributed by atoms with Gasteiger partial charge in [0.15, 0.2) is 0 Å². The van der Waals surface area contributed by atoms with E-state index in [1.807, 2.05) is 0 Å². The highest BCUT2D eigenvalue weighted by molar-refractivity contribution is 5.73. The first-order chi connectivity index (χ1) is 8.12. The van der Waals surface area contributed by atoms with Gasteiger partial charge in [-0.15, -0.1) is 0 Å². The molecule has 90 valence electrons. The van der Waals surface area contributed by atoms with Crippen LogP contribution in [0.3, 0.4) is 0 Å². The van der Waals surface area contributed by atoms with Gasteiger partial charge in [-0.25, -0.2) is 4.39 Å². The second kappa shape index (κ2) is 5.97. The third-order valence-electron chi connectivity index (χ3n) is 2.17. The van der Waals surface area contributed by atoms with Gasteiger partial charge >= 0.3 is 5.97 Å². The zero-order chi connectivity index (χ0) is 12.8. The molecule has 1 aromatic rings. The summed E-state index contributed by atoms with van der Waals surface area (Å²) in [5.41, 5.74) is 0.367. The van der Waals surface area contributed by atoms with Crippen LogP contribution in [0.4, 0.5) is 4.39 Å². The molecule has 0 heterocycles. The normalized spacial score (nSPS) is 9.76. The number of rotatable bonds is 4. The number of esters is 1. The second-order valence-corrected chi connectivity index (χ2v) is 3.36. The van der Waals surface area contributed by atoms with Crippen LogP contribution in [0, 0.1) is 17.1 Å². The predicted molar refractivity (Wildman–Crippen MR) is 57.4 cm³/mol. The van der Waals surface area contributed by atoms with E-state index in [4.69, 9.17) is 15.1 Å². The highest BCUT2D eigenvalue weighted by Gasteiger charge is 2.14. The number of aliphatic hydroxyl groups is 1. The Hall–Kier alpha value is -1.93. The van der Waals surface area contributed by atoms with Crippen LogP contribution >= 0.6 is 0 Å². The van der Waals surface area contributed by atoms with Gasteiger partial charge in [0.25, 0.3) is 0 Å². The molecule has 0 saturated carbocycles. The number of nitriles is 1. The van der Waals surface area contributed by atoms with E-state index in [1.165, 1.54) is 6.07 Å². The van der Waals surface area contributed by atoms with E-state index in [2.05, 4.69) is 0 Å². The first-order valence-corrected chi connectivity index (χ1v) is 5.10. The van der Waals surface area contributed by atoms with Crippen molar-refractivity contribution < 1.29 is 19.0 Å². The molecule has 0 amide bonds. The molecule has 0 aliphatic rings. The van der Waals surface area contributed by atoms with Gasteiger partial charge in [0.05, 0.1) is 25.2 Å². The van der Waals surface area contributed by atoms with E-state index >= 15 is 0 Å². The molecule has 0 aliphatic heterocycles. The minimum absolute atomic E-state index is 0.179. The van der Waals surface area contributed by atoms with Crippen LogP contribution in [-0.4, -0.2) is 17.7 Å². The van der Waals surface area contributed by atoms with Crippen molar-refractivity contribution in [3.63, 3.8) is 0 Å². The molecule has 0 bridgehead atoms. The minimum atomic E-state index is -0.738. The summed E-state index contributed by atoms with van der Waals surface area (Å²) in [5, 5.41) is 17.7. The van der Waals surface area contributed by atoms with Crippen molar-refractivity contribution in [2.45, 2.75) is 20.0 Å². The number of aliphatic hydroxyl groups excluding tert-OH is 1. The van der Waals surface area contributed by atoms with Gasteiger partial charge in [-0.05, 0) is 24.1 Å². The molecule has 0 radical (unpaired) electrons. The third kappa shape index (κ3) is 3.26. The molecule has 1 rings (SSSR count). The Balaban J connectivity index is 3.08. The number of benzene rings is 1. The molecule has 4 nitrogen and oxygen atoms in total. The van der Waals surface area contributed by atoms with Crippen molar-refractivity contribution in [1.82, 2.24) is 0 Å². The maximum absolute atomic E-state index is 13.4. The molecular weight excluding hydrogens is 225 g/mol. The number of carbonyl (C=O) groups excluding carboxylic acids is 1. The fourth-order valence-corrected chi connectivity index (χ4v) is 1.45. The van der Waals surface area contributed by atoms with Gasteiger partial charge in [0, 0.05) is 0 Å². The predicted octanol–water partition coefficient (Wildman–Crippen LogP) is 1.30. The van der Waals surface area contributed by atoms with Crippen LogP contribution in [0.25, 0.3) is 0 Å². The molecule has 0 spiro atoms. The molecule has 0 aromatic heterocycles. The second-order valence-electron chi connectivity index (χ2n) is 3.36. The number of nitrogens with zero attached hydrogens (tertiary/aromatic N) is 1. The van der Waals surface area contributed by atoms with E-state index in [0.29, 0.717) is 5.56 Å². The molecule has 1 N–H and O–H groups in total. The first kappa shape index (κ1) is 13.1. The van der Waals surface area contributed by atoms with Gasteiger partial charge in [0.1, 0.15) is 11.9 Å².